The summed E-state index contributed by atoms with van der Waals surface area (Å²) in [5, 5.41) is 3.00. The number of hydrogen-bond donors (Lipinski definition) is 1. The van der Waals surface area contributed by atoms with Gasteiger partial charge in [0.2, 0.25) is 0 Å². The maximum absolute atomic E-state index is 12.3. The molecule has 1 saturated carbocycles. The highest BCUT2D eigenvalue weighted by atomic mass is 16.5. The van der Waals surface area contributed by atoms with Crippen LogP contribution in [-0.4, -0.2) is 37.7 Å². The number of benzene rings is 1. The van der Waals surface area contributed by atoms with Gasteiger partial charge >= 0.3 is 5.97 Å². The van der Waals surface area contributed by atoms with Gasteiger partial charge in [-0.05, 0) is 50.3 Å². The number of ether oxygens (including phenoxy) is 3. The predicted octanol–water partition coefficient (Wildman–Crippen LogP) is 3.58. The molecule has 0 bridgehead atoms. The SMILES string of the molecule is CCOc1ccc(C(=O)OCC(=O)N[C@@H]2CCC[C@@H](C)[C@H]2C)cc1OCC. The zero-order valence-corrected chi connectivity index (χ0v) is 16.7. The van der Waals surface area contributed by atoms with E-state index < -0.39 is 5.97 Å². The molecule has 0 radical (unpaired) electrons. The number of rotatable bonds is 8. The average Bonchev–Trinajstić information content (AvgIpc) is 2.65. The zero-order chi connectivity index (χ0) is 19.8. The van der Waals surface area contributed by atoms with Gasteiger partial charge in [0.15, 0.2) is 18.1 Å². The predicted molar refractivity (Wildman–Crippen MR) is 103 cm³/mol. The highest BCUT2D eigenvalue weighted by molar-refractivity contribution is 5.92. The zero-order valence-electron chi connectivity index (χ0n) is 16.7. The monoisotopic (exact) mass is 377 g/mol. The molecule has 6 nitrogen and oxygen atoms in total. The van der Waals surface area contributed by atoms with Crippen molar-refractivity contribution in [2.45, 2.75) is 53.0 Å². The molecule has 1 N–H and O–H groups in total. The van der Waals surface area contributed by atoms with Gasteiger partial charge < -0.3 is 19.5 Å². The van der Waals surface area contributed by atoms with E-state index in [9.17, 15) is 9.59 Å². The number of hydrogen-bond acceptors (Lipinski definition) is 5. The normalized spacial score (nSPS) is 22.0. The van der Waals surface area contributed by atoms with E-state index in [4.69, 9.17) is 14.2 Å². The van der Waals surface area contributed by atoms with Crippen LogP contribution < -0.4 is 14.8 Å². The van der Waals surface area contributed by atoms with Crippen LogP contribution in [0.1, 0.15) is 57.3 Å². The smallest absolute Gasteiger partial charge is 0.338 e. The van der Waals surface area contributed by atoms with Crippen LogP contribution >= 0.6 is 0 Å². The van der Waals surface area contributed by atoms with Gasteiger partial charge in [0.05, 0.1) is 18.8 Å². The summed E-state index contributed by atoms with van der Waals surface area (Å²) < 4.78 is 16.2. The van der Waals surface area contributed by atoms with Crippen molar-refractivity contribution < 1.29 is 23.8 Å². The first-order chi connectivity index (χ1) is 13.0. The number of carbonyl (C=O) groups excluding carboxylic acids is 2. The minimum absolute atomic E-state index is 0.148. The molecule has 0 saturated heterocycles. The van der Waals surface area contributed by atoms with E-state index in [-0.39, 0.29) is 18.6 Å². The van der Waals surface area contributed by atoms with E-state index in [0.717, 1.165) is 12.8 Å². The lowest BCUT2D eigenvalue weighted by atomic mass is 9.78. The standard InChI is InChI=1S/C21H31NO5/c1-5-25-18-11-10-16(12-19(18)26-6-2)21(24)27-13-20(23)22-17-9-7-8-14(3)15(17)4/h10-12,14-15,17H,5-9,13H2,1-4H3,(H,22,23)/t14-,15-,17-/m1/s1. The molecular formula is C21H31NO5. The van der Waals surface area contributed by atoms with Crippen molar-refractivity contribution in [2.75, 3.05) is 19.8 Å². The molecule has 6 heteroatoms. The van der Waals surface area contributed by atoms with Crippen LogP contribution in [-0.2, 0) is 9.53 Å². The van der Waals surface area contributed by atoms with E-state index in [0.29, 0.717) is 42.1 Å². The summed E-state index contributed by atoms with van der Waals surface area (Å²) in [7, 11) is 0. The molecule has 1 aromatic rings. The largest absolute Gasteiger partial charge is 0.490 e. The van der Waals surface area contributed by atoms with Gasteiger partial charge in [-0.3, -0.25) is 4.79 Å². The van der Waals surface area contributed by atoms with Crippen molar-refractivity contribution in [3.8, 4) is 11.5 Å². The van der Waals surface area contributed by atoms with Crippen molar-refractivity contribution in [3.63, 3.8) is 0 Å². The van der Waals surface area contributed by atoms with E-state index in [1.807, 2.05) is 13.8 Å². The fraction of sp³-hybridized carbons (Fsp3) is 0.619. The highest BCUT2D eigenvalue weighted by Crippen LogP contribution is 2.30. The van der Waals surface area contributed by atoms with Crippen LogP contribution in [0.5, 0.6) is 11.5 Å². The highest BCUT2D eigenvalue weighted by Gasteiger charge is 2.28. The molecule has 0 aliphatic heterocycles. The molecule has 0 aromatic heterocycles. The Bertz CT molecular complexity index is 645. The van der Waals surface area contributed by atoms with E-state index in [2.05, 4.69) is 19.2 Å². The second kappa shape index (κ2) is 10.2. The van der Waals surface area contributed by atoms with E-state index in [1.54, 1.807) is 18.2 Å². The van der Waals surface area contributed by atoms with Gasteiger partial charge in [0, 0.05) is 6.04 Å². The summed E-state index contributed by atoms with van der Waals surface area (Å²) >= 11 is 0. The van der Waals surface area contributed by atoms with Crippen LogP contribution in [0.25, 0.3) is 0 Å². The lowest BCUT2D eigenvalue weighted by molar-refractivity contribution is -0.125. The van der Waals surface area contributed by atoms with Crippen molar-refractivity contribution in [1.29, 1.82) is 0 Å². The van der Waals surface area contributed by atoms with Gasteiger partial charge in [-0.25, -0.2) is 4.79 Å². The summed E-state index contributed by atoms with van der Waals surface area (Å²) in [6, 6.07) is 5.02. The lowest BCUT2D eigenvalue weighted by Gasteiger charge is -2.34. The fourth-order valence-electron chi connectivity index (χ4n) is 3.43. The Morgan fingerprint density at radius 1 is 1.07 bits per heavy atom. The average molecular weight is 377 g/mol. The van der Waals surface area contributed by atoms with Gasteiger partial charge in [-0.1, -0.05) is 26.7 Å². The van der Waals surface area contributed by atoms with Crippen LogP contribution in [0.2, 0.25) is 0 Å². The summed E-state index contributed by atoms with van der Waals surface area (Å²) in [5.41, 5.74) is 0.328. The van der Waals surface area contributed by atoms with Crippen LogP contribution in [0.3, 0.4) is 0 Å². The quantitative estimate of drug-likeness (QED) is 0.701. The topological polar surface area (TPSA) is 73.9 Å². The molecule has 1 aromatic carbocycles. The molecule has 1 aliphatic rings. The van der Waals surface area contributed by atoms with Gasteiger partial charge in [-0.2, -0.15) is 0 Å². The lowest BCUT2D eigenvalue weighted by Crippen LogP contribution is -2.45. The summed E-state index contributed by atoms with van der Waals surface area (Å²) in [6.45, 7) is 8.79. The van der Waals surface area contributed by atoms with Crippen LogP contribution in [0.15, 0.2) is 18.2 Å². The maximum Gasteiger partial charge on any atom is 0.338 e. The molecule has 27 heavy (non-hydrogen) atoms. The van der Waals surface area contributed by atoms with Crippen LogP contribution in [0, 0.1) is 11.8 Å². The van der Waals surface area contributed by atoms with Gasteiger partial charge in [0.1, 0.15) is 0 Å². The minimum atomic E-state index is -0.556. The Labute approximate surface area is 161 Å². The van der Waals surface area contributed by atoms with Gasteiger partial charge in [0.25, 0.3) is 5.91 Å². The van der Waals surface area contributed by atoms with Crippen LogP contribution in [0.4, 0.5) is 0 Å². The Kier molecular flexibility index (Phi) is 7.95. The maximum atomic E-state index is 12.3. The molecule has 0 unspecified atom stereocenters. The Morgan fingerprint density at radius 2 is 1.78 bits per heavy atom. The summed E-state index contributed by atoms with van der Waals surface area (Å²) in [4.78, 5) is 24.5. The first-order valence-electron chi connectivity index (χ1n) is 9.82. The summed E-state index contributed by atoms with van der Waals surface area (Å²) in [5.74, 6) is 1.27. The number of nitrogens with one attached hydrogen (secondary N) is 1. The molecule has 1 amide bonds. The van der Waals surface area contributed by atoms with E-state index in [1.165, 1.54) is 6.42 Å². The first-order valence-corrected chi connectivity index (χ1v) is 9.82. The van der Waals surface area contributed by atoms with Crippen molar-refractivity contribution in [1.82, 2.24) is 5.32 Å². The Morgan fingerprint density at radius 3 is 2.48 bits per heavy atom. The number of amides is 1. The van der Waals surface area contributed by atoms with Crippen molar-refractivity contribution >= 4 is 11.9 Å². The number of carbonyl (C=O) groups is 2. The molecule has 2 rings (SSSR count). The third kappa shape index (κ3) is 5.88. The molecular weight excluding hydrogens is 346 g/mol. The van der Waals surface area contributed by atoms with Gasteiger partial charge in [-0.15, -0.1) is 0 Å². The molecule has 1 aliphatic carbocycles. The third-order valence-electron chi connectivity index (χ3n) is 5.17. The Hall–Kier alpha value is -2.24. The van der Waals surface area contributed by atoms with Crippen molar-refractivity contribution in [3.05, 3.63) is 23.8 Å². The second-order valence-corrected chi connectivity index (χ2v) is 7.04. The first kappa shape index (κ1) is 21.1. The minimum Gasteiger partial charge on any atom is -0.490 e. The molecule has 0 spiro atoms. The summed E-state index contributed by atoms with van der Waals surface area (Å²) in [6.07, 6.45) is 3.28. The number of esters is 1. The molecule has 150 valence electrons. The Balaban J connectivity index is 1.91. The van der Waals surface area contributed by atoms with E-state index >= 15 is 0 Å². The third-order valence-corrected chi connectivity index (χ3v) is 5.17. The molecule has 0 heterocycles. The molecule has 1 fully saturated rings. The second-order valence-electron chi connectivity index (χ2n) is 7.04. The van der Waals surface area contributed by atoms with Crippen molar-refractivity contribution in [2.24, 2.45) is 11.8 Å². The molecule has 3 atom stereocenters. The fourth-order valence-corrected chi connectivity index (χ4v) is 3.43.